The third kappa shape index (κ3) is 5.71. The van der Waals surface area contributed by atoms with E-state index >= 15 is 0 Å². The minimum atomic E-state index is -1.25. The monoisotopic (exact) mass is 586 g/mol. The average molecular weight is 587 g/mol. The minimum absolute atomic E-state index is 0.0701. The van der Waals surface area contributed by atoms with Crippen LogP contribution in [0.4, 0.5) is 11.4 Å². The maximum Gasteiger partial charge on any atom is 0.335 e. The molecule has 1 fully saturated rings. The molecule has 1 saturated heterocycles. The summed E-state index contributed by atoms with van der Waals surface area (Å²) in [5, 5.41) is 25.6. The minimum Gasteiger partial charge on any atom is -0.478 e. The summed E-state index contributed by atoms with van der Waals surface area (Å²) in [5.74, 6) is -2.01. The molecule has 1 amide bonds. The van der Waals surface area contributed by atoms with Gasteiger partial charge in [-0.3, -0.25) is 9.78 Å². The third-order valence-corrected chi connectivity index (χ3v) is 7.08. The van der Waals surface area contributed by atoms with Gasteiger partial charge in [-0.2, -0.15) is 0 Å². The van der Waals surface area contributed by atoms with Gasteiger partial charge in [0.15, 0.2) is 5.11 Å². The van der Waals surface area contributed by atoms with Crippen LogP contribution in [0.2, 0.25) is 0 Å². The summed E-state index contributed by atoms with van der Waals surface area (Å²) in [6, 6.07) is 17.4. The van der Waals surface area contributed by atoms with Crippen LogP contribution in [0.15, 0.2) is 77.3 Å². The Labute approximate surface area is 245 Å². The van der Waals surface area contributed by atoms with Crippen LogP contribution >= 0.6 is 12.2 Å². The van der Waals surface area contributed by atoms with Gasteiger partial charge in [-0.15, -0.1) is 0 Å². The van der Waals surface area contributed by atoms with E-state index in [1.165, 1.54) is 19.2 Å². The Bertz CT molecular complexity index is 1660. The van der Waals surface area contributed by atoms with E-state index < -0.39 is 24.0 Å². The molecule has 0 bridgehead atoms. The summed E-state index contributed by atoms with van der Waals surface area (Å²) in [6.45, 7) is 1.80. The lowest BCUT2D eigenvalue weighted by Gasteiger charge is -2.27. The predicted octanol–water partition coefficient (Wildman–Crippen LogP) is 4.81. The molecule has 5 rings (SSSR count). The maximum absolute atomic E-state index is 12.1. The number of nitrogens with zero attached hydrogens (tertiary/aromatic N) is 2. The summed E-state index contributed by atoms with van der Waals surface area (Å²) in [4.78, 5) is 41.8. The van der Waals surface area contributed by atoms with E-state index in [2.05, 4.69) is 15.6 Å². The molecule has 1 aliphatic heterocycles. The van der Waals surface area contributed by atoms with Crippen LogP contribution in [-0.2, 0) is 9.53 Å². The molecule has 2 aromatic heterocycles. The van der Waals surface area contributed by atoms with Crippen LogP contribution < -0.4 is 15.5 Å². The van der Waals surface area contributed by atoms with Gasteiger partial charge in [-0.1, -0.05) is 6.07 Å². The van der Waals surface area contributed by atoms with Crippen molar-refractivity contribution in [1.82, 2.24) is 10.3 Å². The molecule has 0 aliphatic carbocycles. The van der Waals surface area contributed by atoms with Crippen molar-refractivity contribution in [2.75, 3.05) is 23.9 Å². The molecule has 12 heteroatoms. The summed E-state index contributed by atoms with van der Waals surface area (Å²) in [7, 11) is 1.45. The normalized spacial score (nSPS) is 16.2. The number of aryl methyl sites for hydroxylation is 1. The van der Waals surface area contributed by atoms with Gasteiger partial charge in [0.05, 0.1) is 22.9 Å². The number of furan rings is 1. The number of pyridine rings is 1. The van der Waals surface area contributed by atoms with Crippen LogP contribution in [0.5, 0.6) is 0 Å². The van der Waals surface area contributed by atoms with Crippen LogP contribution in [0, 0.1) is 6.92 Å². The van der Waals surface area contributed by atoms with Crippen molar-refractivity contribution in [1.29, 1.82) is 0 Å². The van der Waals surface area contributed by atoms with E-state index in [9.17, 15) is 24.6 Å². The largest absolute Gasteiger partial charge is 0.478 e. The van der Waals surface area contributed by atoms with Crippen LogP contribution in [0.1, 0.15) is 49.8 Å². The van der Waals surface area contributed by atoms with Crippen molar-refractivity contribution in [3.05, 3.63) is 101 Å². The second-order valence-electron chi connectivity index (χ2n) is 9.59. The van der Waals surface area contributed by atoms with Gasteiger partial charge in [0, 0.05) is 30.2 Å². The van der Waals surface area contributed by atoms with Crippen LogP contribution in [-0.4, -0.2) is 51.9 Å². The van der Waals surface area contributed by atoms with Crippen molar-refractivity contribution < 1.29 is 33.8 Å². The Morgan fingerprint density at radius 1 is 1.05 bits per heavy atom. The van der Waals surface area contributed by atoms with Crippen molar-refractivity contribution >= 4 is 46.6 Å². The van der Waals surface area contributed by atoms with E-state index in [0.717, 1.165) is 17.3 Å². The zero-order chi connectivity index (χ0) is 30.0. The summed E-state index contributed by atoms with van der Waals surface area (Å²) in [6.07, 6.45) is 1.68. The van der Waals surface area contributed by atoms with E-state index in [0.29, 0.717) is 33.6 Å². The van der Waals surface area contributed by atoms with Crippen molar-refractivity contribution in [2.24, 2.45) is 0 Å². The SMILES string of the molecule is COCC(=O)Nc1ccc(N2C(=S)N[C@@H](c3ccccn3)[C@H]2c2ccc(-c3cc(C(=O)O)cc(C(=O)O)c3)o2)cc1C. The number of aromatic nitrogens is 1. The average Bonchev–Trinajstić information content (AvgIpc) is 3.59. The molecule has 0 radical (unpaired) electrons. The number of benzene rings is 2. The molecule has 3 heterocycles. The number of carbonyl (C=O) groups excluding carboxylic acids is 1. The zero-order valence-electron chi connectivity index (χ0n) is 22.5. The topological polar surface area (TPSA) is 154 Å². The molecule has 4 aromatic rings. The zero-order valence-corrected chi connectivity index (χ0v) is 23.3. The lowest BCUT2D eigenvalue weighted by molar-refractivity contribution is -0.119. The number of aromatic carboxylic acids is 2. The summed E-state index contributed by atoms with van der Waals surface area (Å²) in [5.41, 5.74) is 2.83. The molecule has 1 aliphatic rings. The second kappa shape index (κ2) is 11.8. The van der Waals surface area contributed by atoms with Crippen molar-refractivity contribution in [3.8, 4) is 11.3 Å². The quantitative estimate of drug-likeness (QED) is 0.200. The first-order valence-corrected chi connectivity index (χ1v) is 13.2. The number of carbonyl (C=O) groups is 3. The molecule has 11 nitrogen and oxygen atoms in total. The molecular formula is C30H26N4O7S. The van der Waals surface area contributed by atoms with Crippen molar-refractivity contribution in [2.45, 2.75) is 19.0 Å². The molecule has 214 valence electrons. The first-order valence-electron chi connectivity index (χ1n) is 12.8. The molecule has 42 heavy (non-hydrogen) atoms. The number of nitrogens with one attached hydrogen (secondary N) is 2. The lowest BCUT2D eigenvalue weighted by Crippen LogP contribution is -2.29. The highest BCUT2D eigenvalue weighted by atomic mass is 32.1. The van der Waals surface area contributed by atoms with E-state index in [1.807, 2.05) is 42.2 Å². The van der Waals surface area contributed by atoms with Gasteiger partial charge < -0.3 is 34.9 Å². The Balaban J connectivity index is 1.57. The number of hydrogen-bond donors (Lipinski definition) is 4. The fourth-order valence-corrected chi connectivity index (χ4v) is 5.21. The van der Waals surface area contributed by atoms with Gasteiger partial charge in [0.1, 0.15) is 24.2 Å². The van der Waals surface area contributed by atoms with Gasteiger partial charge in [-0.25, -0.2) is 9.59 Å². The lowest BCUT2D eigenvalue weighted by atomic mass is 10.0. The highest BCUT2D eigenvalue weighted by molar-refractivity contribution is 7.80. The molecule has 0 unspecified atom stereocenters. The van der Waals surface area contributed by atoms with Gasteiger partial charge >= 0.3 is 11.9 Å². The summed E-state index contributed by atoms with van der Waals surface area (Å²) >= 11 is 5.78. The number of anilines is 2. The van der Waals surface area contributed by atoms with Gasteiger partial charge in [0.2, 0.25) is 5.91 Å². The van der Waals surface area contributed by atoms with Gasteiger partial charge in [-0.05, 0) is 85.4 Å². The number of thiocarbonyl (C=S) groups is 1. The predicted molar refractivity (Wildman–Crippen MR) is 158 cm³/mol. The number of methoxy groups -OCH3 is 1. The van der Waals surface area contributed by atoms with E-state index in [4.69, 9.17) is 21.4 Å². The van der Waals surface area contributed by atoms with Crippen LogP contribution in [0.25, 0.3) is 11.3 Å². The van der Waals surface area contributed by atoms with E-state index in [1.54, 1.807) is 24.4 Å². The molecular weight excluding hydrogens is 560 g/mol. The van der Waals surface area contributed by atoms with E-state index in [-0.39, 0.29) is 23.6 Å². The third-order valence-electron chi connectivity index (χ3n) is 6.77. The number of ether oxygens (including phenoxy) is 1. The molecule has 0 spiro atoms. The number of carboxylic acids is 2. The number of rotatable bonds is 9. The maximum atomic E-state index is 12.1. The highest BCUT2D eigenvalue weighted by Crippen LogP contribution is 2.43. The Hall–Kier alpha value is -5.07. The smallest absolute Gasteiger partial charge is 0.335 e. The number of amides is 1. The Kier molecular flexibility index (Phi) is 8.00. The number of carboxylic acid groups (broad SMARTS) is 2. The molecule has 4 N–H and O–H groups in total. The molecule has 2 aromatic carbocycles. The highest BCUT2D eigenvalue weighted by Gasteiger charge is 2.42. The van der Waals surface area contributed by atoms with Crippen LogP contribution in [0.3, 0.4) is 0 Å². The second-order valence-corrected chi connectivity index (χ2v) is 9.98. The molecule has 0 saturated carbocycles. The standard InChI is InChI=1S/C30H26N4O7S/c1-16-11-20(6-7-21(16)32-25(35)15-40-2)34-27(26(33-30(34)42)22-5-3-4-10-31-22)24-9-8-23(41-24)17-12-18(28(36)37)14-19(13-17)29(38)39/h3-14,26-27H,15H2,1-2H3,(H,32,35)(H,33,42)(H,36,37)(H,38,39)/t26-,27+/m0/s1. The Morgan fingerprint density at radius 3 is 2.40 bits per heavy atom. The fourth-order valence-electron chi connectivity index (χ4n) is 4.86. The first kappa shape index (κ1) is 28.5. The fraction of sp³-hybridized carbons (Fsp3) is 0.167. The number of hydrogen-bond acceptors (Lipinski definition) is 7. The van der Waals surface area contributed by atoms with Crippen molar-refractivity contribution in [3.63, 3.8) is 0 Å². The first-order chi connectivity index (χ1) is 20.2. The Morgan fingerprint density at radius 2 is 1.79 bits per heavy atom. The molecule has 2 atom stereocenters. The summed E-state index contributed by atoms with van der Waals surface area (Å²) < 4.78 is 11.2. The van der Waals surface area contributed by atoms with Gasteiger partial charge in [0.25, 0.3) is 0 Å².